The molecule has 158 valence electrons. The third kappa shape index (κ3) is 3.21. The van der Waals surface area contributed by atoms with Crippen LogP contribution in [0.4, 0.5) is 0 Å². The average molecular weight is 404 g/mol. The number of nitrogens with one attached hydrogen (secondary N) is 2. The van der Waals surface area contributed by atoms with Crippen LogP contribution in [0.3, 0.4) is 0 Å². The minimum Gasteiger partial charge on any atom is -0.367 e. The molecule has 3 amide bonds. The van der Waals surface area contributed by atoms with Gasteiger partial charge in [-0.1, -0.05) is 20.8 Å². The summed E-state index contributed by atoms with van der Waals surface area (Å²) in [5.74, 6) is -2.55. The van der Waals surface area contributed by atoms with Crippen molar-refractivity contribution in [3.63, 3.8) is 0 Å². The van der Waals surface area contributed by atoms with Gasteiger partial charge in [-0.15, -0.1) is 0 Å². The number of carbonyl (C=O) groups is 4. The van der Waals surface area contributed by atoms with Crippen LogP contribution in [0.25, 0.3) is 0 Å². The summed E-state index contributed by atoms with van der Waals surface area (Å²) in [4.78, 5) is 59.6. The molecular formula is C19H28N6O4. The minimum atomic E-state index is -1.88. The van der Waals surface area contributed by atoms with E-state index >= 15 is 0 Å². The monoisotopic (exact) mass is 404 g/mol. The van der Waals surface area contributed by atoms with Crippen LogP contribution in [0.1, 0.15) is 39.3 Å². The van der Waals surface area contributed by atoms with Crippen LogP contribution in [0.15, 0.2) is 12.5 Å². The number of hydrogen-bond donors (Lipinski definition) is 4. The highest BCUT2D eigenvalue weighted by Crippen LogP contribution is 2.47. The number of carbonyl (C=O) groups excluding carboxylic acids is 4. The lowest BCUT2D eigenvalue weighted by Crippen LogP contribution is -2.71. The molecule has 0 aliphatic carbocycles. The Hall–Kier alpha value is -2.75. The van der Waals surface area contributed by atoms with Crippen LogP contribution in [0.5, 0.6) is 0 Å². The average Bonchev–Trinajstić information content (AvgIpc) is 3.31. The van der Waals surface area contributed by atoms with Gasteiger partial charge in [0.15, 0.2) is 11.3 Å². The Morgan fingerprint density at radius 3 is 2.59 bits per heavy atom. The lowest BCUT2D eigenvalue weighted by molar-refractivity contribution is -0.158. The van der Waals surface area contributed by atoms with E-state index in [-0.39, 0.29) is 31.2 Å². The van der Waals surface area contributed by atoms with E-state index in [0.717, 1.165) is 0 Å². The van der Waals surface area contributed by atoms with Crippen LogP contribution >= 0.6 is 0 Å². The zero-order valence-corrected chi connectivity index (χ0v) is 16.9. The first kappa shape index (κ1) is 21.0. The second kappa shape index (κ2) is 7.25. The molecule has 0 spiro atoms. The molecule has 10 heteroatoms. The van der Waals surface area contributed by atoms with E-state index in [2.05, 4.69) is 15.3 Å². The van der Waals surface area contributed by atoms with Crippen molar-refractivity contribution < 1.29 is 19.2 Å². The molecule has 29 heavy (non-hydrogen) atoms. The number of likely N-dealkylation sites (tertiary alicyclic amines) is 1. The van der Waals surface area contributed by atoms with Crippen molar-refractivity contribution in [2.45, 2.75) is 57.7 Å². The maximum atomic E-state index is 13.7. The van der Waals surface area contributed by atoms with Crippen molar-refractivity contribution in [2.75, 3.05) is 6.54 Å². The smallest absolute Gasteiger partial charge is 0.251 e. The maximum absolute atomic E-state index is 13.7. The molecule has 0 unspecified atom stereocenters. The van der Waals surface area contributed by atoms with E-state index in [9.17, 15) is 19.2 Å². The quantitative estimate of drug-likeness (QED) is 0.437. The molecule has 6 N–H and O–H groups in total. The molecule has 0 bridgehead atoms. The summed E-state index contributed by atoms with van der Waals surface area (Å²) >= 11 is 0. The highest BCUT2D eigenvalue weighted by Gasteiger charge is 2.66. The first-order valence-corrected chi connectivity index (χ1v) is 9.70. The van der Waals surface area contributed by atoms with Crippen molar-refractivity contribution in [3.05, 3.63) is 18.2 Å². The number of nitrogens with zero attached hydrogens (tertiary/aromatic N) is 2. The Bertz CT molecular complexity index is 836. The van der Waals surface area contributed by atoms with Crippen molar-refractivity contribution in [1.29, 1.82) is 0 Å². The van der Waals surface area contributed by atoms with Gasteiger partial charge in [-0.3, -0.25) is 19.2 Å². The summed E-state index contributed by atoms with van der Waals surface area (Å²) in [6.07, 6.45) is 3.80. The number of ketones is 1. The number of rotatable bonds is 6. The highest BCUT2D eigenvalue weighted by atomic mass is 16.2. The molecule has 1 aromatic heterocycles. The number of nitrogens with two attached hydrogens (primary N) is 2. The normalized spacial score (nSPS) is 29.5. The van der Waals surface area contributed by atoms with Gasteiger partial charge >= 0.3 is 0 Å². The fourth-order valence-electron chi connectivity index (χ4n) is 4.69. The van der Waals surface area contributed by atoms with Crippen LogP contribution in [-0.4, -0.2) is 62.5 Å². The van der Waals surface area contributed by atoms with Gasteiger partial charge in [0.05, 0.1) is 18.4 Å². The molecular weight excluding hydrogens is 376 g/mol. The van der Waals surface area contributed by atoms with Crippen LogP contribution in [0.2, 0.25) is 0 Å². The molecule has 1 aromatic rings. The van der Waals surface area contributed by atoms with Crippen LogP contribution in [-0.2, 0) is 25.6 Å². The van der Waals surface area contributed by atoms with E-state index in [1.807, 2.05) is 0 Å². The topological polar surface area (TPSA) is 164 Å². The molecule has 0 aromatic carbocycles. The second-order valence-corrected chi connectivity index (χ2v) is 8.68. The predicted octanol–water partition coefficient (Wildman–Crippen LogP) is -1.14. The molecule has 2 fully saturated rings. The zero-order chi connectivity index (χ0) is 21.6. The van der Waals surface area contributed by atoms with Gasteiger partial charge in [0.25, 0.3) is 5.91 Å². The number of imidazole rings is 1. The fraction of sp³-hybridized carbons (Fsp3) is 0.632. The van der Waals surface area contributed by atoms with Gasteiger partial charge in [0.2, 0.25) is 11.8 Å². The molecule has 3 heterocycles. The largest absolute Gasteiger partial charge is 0.367 e. The third-order valence-corrected chi connectivity index (χ3v) is 6.31. The molecule has 2 saturated heterocycles. The molecule has 0 saturated carbocycles. The summed E-state index contributed by atoms with van der Waals surface area (Å²) in [7, 11) is 0. The van der Waals surface area contributed by atoms with Gasteiger partial charge in [-0.2, -0.15) is 0 Å². The number of hydrogen-bond acceptors (Lipinski definition) is 6. The Morgan fingerprint density at radius 1 is 1.38 bits per heavy atom. The number of H-pyrrole nitrogens is 1. The minimum absolute atomic E-state index is 0.173. The van der Waals surface area contributed by atoms with E-state index in [4.69, 9.17) is 11.5 Å². The molecule has 4 atom stereocenters. The fourth-order valence-corrected chi connectivity index (χ4v) is 4.69. The lowest BCUT2D eigenvalue weighted by Gasteiger charge is -2.44. The summed E-state index contributed by atoms with van der Waals surface area (Å²) in [6, 6.07) is -1.86. The van der Waals surface area contributed by atoms with Gasteiger partial charge in [-0.05, 0) is 12.3 Å². The third-order valence-electron chi connectivity index (χ3n) is 6.31. The molecule has 2 aliphatic rings. The van der Waals surface area contributed by atoms with Gasteiger partial charge < -0.3 is 26.7 Å². The summed E-state index contributed by atoms with van der Waals surface area (Å²) in [5.41, 5.74) is 9.80. The summed E-state index contributed by atoms with van der Waals surface area (Å²) in [6.45, 7) is 5.41. The van der Waals surface area contributed by atoms with Gasteiger partial charge in [-0.25, -0.2) is 4.98 Å². The second-order valence-electron chi connectivity index (χ2n) is 8.68. The Labute approximate surface area is 168 Å². The summed E-state index contributed by atoms with van der Waals surface area (Å²) in [5, 5.41) is 2.64. The van der Waals surface area contributed by atoms with Crippen LogP contribution < -0.4 is 16.8 Å². The van der Waals surface area contributed by atoms with Gasteiger partial charge in [0.1, 0.15) is 0 Å². The molecule has 10 nitrogen and oxygen atoms in total. The molecule has 2 aliphatic heterocycles. The first-order valence-electron chi connectivity index (χ1n) is 9.70. The van der Waals surface area contributed by atoms with Crippen molar-refractivity contribution in [2.24, 2.45) is 22.8 Å². The Kier molecular flexibility index (Phi) is 5.24. The van der Waals surface area contributed by atoms with E-state index < -0.39 is 40.6 Å². The highest BCUT2D eigenvalue weighted by molar-refractivity contribution is 6.17. The summed E-state index contributed by atoms with van der Waals surface area (Å²) < 4.78 is 0. The van der Waals surface area contributed by atoms with Crippen molar-refractivity contribution in [3.8, 4) is 0 Å². The van der Waals surface area contributed by atoms with E-state index in [1.165, 1.54) is 11.2 Å². The molecule has 3 rings (SSSR count). The standard InChI is InChI=1S/C19H28N6O4/c1-10-6-13(26)24-14(10)15(27)19(17(21)29)18(2,3)4-5-25(19)16(28)12(20)7-11-8-22-9-23-11/h8-10,12,14H,4-7,20H2,1-3H3,(H2,21,29)(H,22,23)(H,24,26)/t10-,12+,14+,19-/m1/s1. The molecule has 0 radical (unpaired) electrons. The van der Waals surface area contributed by atoms with Crippen molar-refractivity contribution in [1.82, 2.24) is 20.2 Å². The maximum Gasteiger partial charge on any atom is 0.251 e. The Morgan fingerprint density at radius 2 is 2.07 bits per heavy atom. The number of primary amides is 1. The van der Waals surface area contributed by atoms with Crippen molar-refractivity contribution >= 4 is 23.5 Å². The number of aromatic amines is 1. The lowest BCUT2D eigenvalue weighted by atomic mass is 9.67. The van der Waals surface area contributed by atoms with Gasteiger partial charge in [0, 0.05) is 36.7 Å². The first-order chi connectivity index (χ1) is 13.5. The van der Waals surface area contributed by atoms with Crippen LogP contribution in [0, 0.1) is 11.3 Å². The zero-order valence-electron chi connectivity index (χ0n) is 16.9. The predicted molar refractivity (Wildman–Crippen MR) is 103 cm³/mol. The van der Waals surface area contributed by atoms with E-state index in [0.29, 0.717) is 12.1 Å². The SMILES string of the molecule is C[C@@H]1CC(=O)N[C@@H]1C(=O)[C@]1(C(N)=O)N(C(=O)[C@@H](N)Cc2cnc[nH]2)CCC1(C)C. The number of aromatic nitrogens is 2. The number of amides is 3. The Balaban J connectivity index is 1.99. The number of Topliss-reactive ketones (excluding diaryl/α,β-unsaturated/α-hetero) is 1. The van der Waals surface area contributed by atoms with E-state index in [1.54, 1.807) is 27.0 Å².